The first kappa shape index (κ1) is 24.4. The first-order chi connectivity index (χ1) is 16.5. The highest BCUT2D eigenvalue weighted by Crippen LogP contribution is 2.23. The number of ether oxygens (including phenoxy) is 1. The summed E-state index contributed by atoms with van der Waals surface area (Å²) in [7, 11) is 0. The number of morpholine rings is 1. The van der Waals surface area contributed by atoms with Crippen LogP contribution in [0.3, 0.4) is 0 Å². The molecule has 0 atom stereocenters. The zero-order valence-electron chi connectivity index (χ0n) is 20.5. The summed E-state index contributed by atoms with van der Waals surface area (Å²) < 4.78 is 5.41. The van der Waals surface area contributed by atoms with Gasteiger partial charge in [-0.15, -0.1) is 0 Å². The molecule has 2 heterocycles. The van der Waals surface area contributed by atoms with Crippen molar-refractivity contribution in [3.8, 4) is 0 Å². The Labute approximate surface area is 203 Å². The minimum atomic E-state index is -0.00959. The van der Waals surface area contributed by atoms with E-state index in [4.69, 9.17) is 4.74 Å². The van der Waals surface area contributed by atoms with Gasteiger partial charge in [0.15, 0.2) is 5.78 Å². The van der Waals surface area contributed by atoms with Crippen molar-refractivity contribution in [2.45, 2.75) is 33.1 Å². The van der Waals surface area contributed by atoms with E-state index in [2.05, 4.69) is 41.1 Å². The molecule has 6 heteroatoms. The minimum Gasteiger partial charge on any atom is -0.378 e. The third kappa shape index (κ3) is 6.67. The molecule has 1 amide bonds. The van der Waals surface area contributed by atoms with Crippen molar-refractivity contribution in [1.29, 1.82) is 0 Å². The molecular weight excluding hydrogens is 426 g/mol. The summed E-state index contributed by atoms with van der Waals surface area (Å²) in [6, 6.07) is 16.1. The number of ketones is 1. The fourth-order valence-electron chi connectivity index (χ4n) is 4.85. The van der Waals surface area contributed by atoms with Crippen LogP contribution in [-0.4, -0.2) is 62.5 Å². The van der Waals surface area contributed by atoms with Crippen molar-refractivity contribution in [1.82, 2.24) is 4.90 Å². The van der Waals surface area contributed by atoms with E-state index in [0.717, 1.165) is 75.6 Å². The molecule has 0 bridgehead atoms. The summed E-state index contributed by atoms with van der Waals surface area (Å²) in [4.78, 5) is 29.9. The number of benzene rings is 2. The van der Waals surface area contributed by atoms with Gasteiger partial charge in [0.1, 0.15) is 0 Å². The summed E-state index contributed by atoms with van der Waals surface area (Å²) in [5.74, 6) is 0.880. The second-order valence-electron chi connectivity index (χ2n) is 9.90. The topological polar surface area (TPSA) is 61.9 Å². The monoisotopic (exact) mass is 463 g/mol. The average molecular weight is 464 g/mol. The molecule has 0 unspecified atom stereocenters. The standard InChI is InChI=1S/C28H37N3O3/c1-21(2)19-22-3-5-23(6-4-22)28(33)24-11-13-30(14-12-24)20-27(32)29-25-7-9-26(10-8-25)31-15-17-34-18-16-31/h3-10,21,24H,11-20H2,1-2H3,(H,29,32). The van der Waals surface area contributed by atoms with Crippen LogP contribution < -0.4 is 10.2 Å². The molecule has 0 aliphatic carbocycles. The predicted octanol–water partition coefficient (Wildman–Crippen LogP) is 4.26. The number of rotatable bonds is 8. The van der Waals surface area contributed by atoms with Crippen LogP contribution in [0.5, 0.6) is 0 Å². The molecule has 1 N–H and O–H groups in total. The molecule has 2 aromatic rings. The van der Waals surface area contributed by atoms with Gasteiger partial charge >= 0.3 is 0 Å². The summed E-state index contributed by atoms with van der Waals surface area (Å²) in [5.41, 5.74) is 4.06. The molecule has 0 radical (unpaired) electrons. The van der Waals surface area contributed by atoms with Gasteiger partial charge < -0.3 is 15.0 Å². The van der Waals surface area contributed by atoms with Crippen LogP contribution in [0.15, 0.2) is 48.5 Å². The highest BCUT2D eigenvalue weighted by molar-refractivity contribution is 5.98. The van der Waals surface area contributed by atoms with Crippen LogP contribution in [0.2, 0.25) is 0 Å². The smallest absolute Gasteiger partial charge is 0.238 e. The number of nitrogens with one attached hydrogen (secondary N) is 1. The summed E-state index contributed by atoms with van der Waals surface area (Å²) in [6.07, 6.45) is 2.63. The number of anilines is 2. The molecule has 0 aromatic heterocycles. The fraction of sp³-hybridized carbons (Fsp3) is 0.500. The third-order valence-electron chi connectivity index (χ3n) is 6.74. The normalized spacial score (nSPS) is 17.7. The van der Waals surface area contributed by atoms with Gasteiger partial charge in [-0.3, -0.25) is 14.5 Å². The quantitative estimate of drug-likeness (QED) is 0.593. The zero-order valence-corrected chi connectivity index (χ0v) is 20.5. The summed E-state index contributed by atoms with van der Waals surface area (Å²) >= 11 is 0. The number of hydrogen-bond acceptors (Lipinski definition) is 5. The van der Waals surface area contributed by atoms with Crippen LogP contribution in [-0.2, 0) is 16.0 Å². The van der Waals surface area contributed by atoms with Crippen molar-refractivity contribution in [2.75, 3.05) is 56.2 Å². The Hall–Kier alpha value is -2.70. The lowest BCUT2D eigenvalue weighted by atomic mass is 9.88. The molecule has 2 saturated heterocycles. The van der Waals surface area contributed by atoms with Crippen LogP contribution in [0.4, 0.5) is 11.4 Å². The Morgan fingerprint density at radius 2 is 1.59 bits per heavy atom. The Kier molecular flexibility index (Phi) is 8.35. The lowest BCUT2D eigenvalue weighted by Crippen LogP contribution is -2.40. The predicted molar refractivity (Wildman–Crippen MR) is 137 cm³/mol. The number of likely N-dealkylation sites (tertiary alicyclic amines) is 1. The second kappa shape index (κ2) is 11.6. The maximum atomic E-state index is 12.9. The minimum absolute atomic E-state index is 0.00959. The molecule has 2 aliphatic heterocycles. The molecule has 2 fully saturated rings. The van der Waals surface area contributed by atoms with Gasteiger partial charge in [0, 0.05) is 35.9 Å². The van der Waals surface area contributed by atoms with E-state index in [0.29, 0.717) is 12.5 Å². The molecule has 4 rings (SSSR count). The Morgan fingerprint density at radius 1 is 0.941 bits per heavy atom. The zero-order chi connectivity index (χ0) is 23.9. The van der Waals surface area contributed by atoms with E-state index in [-0.39, 0.29) is 17.6 Å². The highest BCUT2D eigenvalue weighted by Gasteiger charge is 2.26. The Balaban J connectivity index is 1.21. The maximum Gasteiger partial charge on any atom is 0.238 e. The van der Waals surface area contributed by atoms with Gasteiger partial charge in [-0.2, -0.15) is 0 Å². The number of piperidine rings is 1. The molecule has 2 aromatic carbocycles. The van der Waals surface area contributed by atoms with Crippen LogP contribution in [0, 0.1) is 11.8 Å². The number of carbonyl (C=O) groups excluding carboxylic acids is 2. The molecule has 182 valence electrons. The fourth-order valence-corrected chi connectivity index (χ4v) is 4.85. The van der Waals surface area contributed by atoms with Crippen molar-refractivity contribution in [2.24, 2.45) is 11.8 Å². The molecule has 2 aliphatic rings. The summed E-state index contributed by atoms with van der Waals surface area (Å²) in [6.45, 7) is 9.61. The second-order valence-corrected chi connectivity index (χ2v) is 9.90. The van der Waals surface area contributed by atoms with Gasteiger partial charge in [0.2, 0.25) is 5.91 Å². The number of Topliss-reactive ketones (excluding diaryl/α,β-unsaturated/α-hetero) is 1. The lowest BCUT2D eigenvalue weighted by Gasteiger charge is -2.31. The summed E-state index contributed by atoms with van der Waals surface area (Å²) in [5, 5.41) is 3.01. The first-order valence-electron chi connectivity index (χ1n) is 12.6. The number of carbonyl (C=O) groups is 2. The van der Waals surface area contributed by atoms with E-state index in [1.54, 1.807) is 0 Å². The molecular formula is C28H37N3O3. The molecule has 0 saturated carbocycles. The average Bonchev–Trinajstić information content (AvgIpc) is 2.85. The molecule has 6 nitrogen and oxygen atoms in total. The van der Waals surface area contributed by atoms with Gasteiger partial charge in [0.05, 0.1) is 19.8 Å². The van der Waals surface area contributed by atoms with Crippen molar-refractivity contribution < 1.29 is 14.3 Å². The SMILES string of the molecule is CC(C)Cc1ccc(C(=O)C2CCN(CC(=O)Nc3ccc(N4CCOCC4)cc3)CC2)cc1. The van der Waals surface area contributed by atoms with E-state index in [1.807, 2.05) is 36.4 Å². The van der Waals surface area contributed by atoms with E-state index < -0.39 is 0 Å². The lowest BCUT2D eigenvalue weighted by molar-refractivity contribution is -0.117. The number of amides is 1. The van der Waals surface area contributed by atoms with Gasteiger partial charge in [0.25, 0.3) is 0 Å². The van der Waals surface area contributed by atoms with E-state index >= 15 is 0 Å². The van der Waals surface area contributed by atoms with Crippen LogP contribution >= 0.6 is 0 Å². The Morgan fingerprint density at radius 3 is 2.21 bits per heavy atom. The molecule has 0 spiro atoms. The van der Waals surface area contributed by atoms with Gasteiger partial charge in [-0.25, -0.2) is 0 Å². The maximum absolute atomic E-state index is 12.9. The van der Waals surface area contributed by atoms with Crippen LogP contribution in [0.25, 0.3) is 0 Å². The number of hydrogen-bond donors (Lipinski definition) is 1. The number of nitrogens with zero attached hydrogens (tertiary/aromatic N) is 2. The van der Waals surface area contributed by atoms with Crippen molar-refractivity contribution in [3.63, 3.8) is 0 Å². The highest BCUT2D eigenvalue weighted by atomic mass is 16.5. The van der Waals surface area contributed by atoms with Crippen molar-refractivity contribution >= 4 is 23.1 Å². The largest absolute Gasteiger partial charge is 0.378 e. The van der Waals surface area contributed by atoms with Gasteiger partial charge in [-0.1, -0.05) is 38.1 Å². The van der Waals surface area contributed by atoms with Gasteiger partial charge in [-0.05, 0) is 68.1 Å². The van der Waals surface area contributed by atoms with E-state index in [1.165, 1.54) is 5.56 Å². The first-order valence-corrected chi connectivity index (χ1v) is 12.6. The Bertz CT molecular complexity index is 942. The van der Waals surface area contributed by atoms with Crippen LogP contribution in [0.1, 0.15) is 42.6 Å². The van der Waals surface area contributed by atoms with E-state index in [9.17, 15) is 9.59 Å². The third-order valence-corrected chi connectivity index (χ3v) is 6.74. The van der Waals surface area contributed by atoms with Crippen molar-refractivity contribution in [3.05, 3.63) is 59.7 Å². The molecule has 34 heavy (non-hydrogen) atoms.